The van der Waals surface area contributed by atoms with Gasteiger partial charge in [0.1, 0.15) is 5.75 Å². The molecule has 0 aliphatic heterocycles. The summed E-state index contributed by atoms with van der Waals surface area (Å²) in [5, 5.41) is 13.0. The Morgan fingerprint density at radius 2 is 2.32 bits per heavy atom. The van der Waals surface area contributed by atoms with Crippen molar-refractivity contribution in [1.82, 2.24) is 9.97 Å². The first kappa shape index (κ1) is 15.7. The fourth-order valence-corrected chi connectivity index (χ4v) is 1.96. The number of hydrazone groups is 1. The Labute approximate surface area is 127 Å². The molecule has 2 rings (SSSR count). The summed E-state index contributed by atoms with van der Waals surface area (Å²) in [4.78, 5) is 18.6. The van der Waals surface area contributed by atoms with Crippen LogP contribution in [-0.2, 0) is 6.42 Å². The van der Waals surface area contributed by atoms with Crippen molar-refractivity contribution in [1.29, 1.82) is 0 Å². The van der Waals surface area contributed by atoms with E-state index in [1.807, 2.05) is 24.3 Å². The summed E-state index contributed by atoms with van der Waals surface area (Å²) >= 11 is 0. The number of nitrogens with zero attached hydrogens (tertiary/aromatic N) is 2. The maximum atomic E-state index is 11.9. The maximum Gasteiger partial charge on any atom is 0.255 e. The number of ether oxygens (including phenoxy) is 1. The maximum absolute atomic E-state index is 11.9. The van der Waals surface area contributed by atoms with Crippen molar-refractivity contribution in [3.05, 3.63) is 51.4 Å². The lowest BCUT2D eigenvalue weighted by atomic mass is 10.2. The molecule has 1 aromatic heterocycles. The van der Waals surface area contributed by atoms with Gasteiger partial charge < -0.3 is 9.84 Å². The first-order valence-corrected chi connectivity index (χ1v) is 6.78. The summed E-state index contributed by atoms with van der Waals surface area (Å²) in [6.07, 6.45) is 1.88. The standard InChI is InChI=1S/C15H18N4O3/c1-10-13(6-7-20)14(21)18-15(17-10)19-16-9-11-4-3-5-12(8-11)22-2/h3-5,8-9,20H,6-7H2,1-2H3,(H2,17,18,19,21)/b16-9-. The summed E-state index contributed by atoms with van der Waals surface area (Å²) < 4.78 is 5.12. The fourth-order valence-electron chi connectivity index (χ4n) is 1.96. The number of aromatic amines is 1. The monoisotopic (exact) mass is 302 g/mol. The van der Waals surface area contributed by atoms with E-state index in [1.165, 1.54) is 0 Å². The molecule has 0 saturated carbocycles. The van der Waals surface area contributed by atoms with E-state index in [1.54, 1.807) is 20.2 Å². The summed E-state index contributed by atoms with van der Waals surface area (Å²) in [6.45, 7) is 1.63. The fraction of sp³-hybridized carbons (Fsp3) is 0.267. The van der Waals surface area contributed by atoms with Crippen LogP contribution < -0.4 is 15.7 Å². The van der Waals surface area contributed by atoms with Gasteiger partial charge in [-0.25, -0.2) is 10.4 Å². The molecule has 22 heavy (non-hydrogen) atoms. The third kappa shape index (κ3) is 3.92. The van der Waals surface area contributed by atoms with Crippen LogP contribution in [0.5, 0.6) is 5.75 Å². The van der Waals surface area contributed by atoms with Gasteiger partial charge in [0.2, 0.25) is 5.95 Å². The van der Waals surface area contributed by atoms with Crippen molar-refractivity contribution in [3.63, 3.8) is 0 Å². The molecule has 116 valence electrons. The van der Waals surface area contributed by atoms with E-state index in [-0.39, 0.29) is 24.5 Å². The van der Waals surface area contributed by atoms with E-state index < -0.39 is 0 Å². The molecule has 0 amide bonds. The van der Waals surface area contributed by atoms with Gasteiger partial charge in [0.25, 0.3) is 5.56 Å². The molecule has 0 saturated heterocycles. The highest BCUT2D eigenvalue weighted by Crippen LogP contribution is 2.10. The SMILES string of the molecule is COc1cccc(/C=N\Nc2nc(C)c(CCO)c(=O)[nH]2)c1. The number of hydrogen-bond donors (Lipinski definition) is 3. The minimum atomic E-state index is -0.277. The first-order valence-electron chi connectivity index (χ1n) is 6.78. The van der Waals surface area contributed by atoms with Gasteiger partial charge in [-0.2, -0.15) is 5.10 Å². The Morgan fingerprint density at radius 1 is 1.50 bits per heavy atom. The zero-order valence-electron chi connectivity index (χ0n) is 12.5. The molecule has 0 atom stereocenters. The zero-order chi connectivity index (χ0) is 15.9. The number of hydrogen-bond acceptors (Lipinski definition) is 6. The Hall–Kier alpha value is -2.67. The lowest BCUT2D eigenvalue weighted by Gasteiger charge is -2.05. The third-order valence-electron chi connectivity index (χ3n) is 3.06. The van der Waals surface area contributed by atoms with E-state index in [2.05, 4.69) is 20.5 Å². The lowest BCUT2D eigenvalue weighted by molar-refractivity contribution is 0.298. The molecule has 2 aromatic rings. The predicted octanol–water partition coefficient (Wildman–Crippen LogP) is 1.07. The number of aryl methyl sites for hydroxylation is 1. The van der Waals surface area contributed by atoms with E-state index in [0.29, 0.717) is 11.3 Å². The topological polar surface area (TPSA) is 99.6 Å². The molecule has 0 fully saturated rings. The second-order valence-corrected chi connectivity index (χ2v) is 4.60. The second kappa shape index (κ2) is 7.37. The minimum absolute atomic E-state index is 0.0909. The Bertz CT molecular complexity index is 725. The lowest BCUT2D eigenvalue weighted by Crippen LogP contribution is -2.19. The second-order valence-electron chi connectivity index (χ2n) is 4.60. The molecule has 1 heterocycles. The van der Waals surface area contributed by atoms with E-state index >= 15 is 0 Å². The van der Waals surface area contributed by atoms with Crippen molar-refractivity contribution < 1.29 is 9.84 Å². The van der Waals surface area contributed by atoms with Gasteiger partial charge in [-0.15, -0.1) is 0 Å². The van der Waals surface area contributed by atoms with Gasteiger partial charge in [0.15, 0.2) is 0 Å². The summed E-state index contributed by atoms with van der Waals surface area (Å²) in [5.74, 6) is 0.989. The van der Waals surface area contributed by atoms with Crippen LogP contribution in [-0.4, -0.2) is 35.0 Å². The van der Waals surface area contributed by atoms with Gasteiger partial charge in [-0.1, -0.05) is 12.1 Å². The highest BCUT2D eigenvalue weighted by Gasteiger charge is 2.06. The van der Waals surface area contributed by atoms with E-state index in [0.717, 1.165) is 11.3 Å². The van der Waals surface area contributed by atoms with Crippen LogP contribution in [0.4, 0.5) is 5.95 Å². The predicted molar refractivity (Wildman–Crippen MR) is 84.6 cm³/mol. The molecule has 7 nitrogen and oxygen atoms in total. The average Bonchev–Trinajstić information content (AvgIpc) is 2.51. The largest absolute Gasteiger partial charge is 0.497 e. The van der Waals surface area contributed by atoms with Gasteiger partial charge in [0.05, 0.1) is 19.0 Å². The van der Waals surface area contributed by atoms with Gasteiger partial charge in [0, 0.05) is 18.6 Å². The highest BCUT2D eigenvalue weighted by molar-refractivity contribution is 5.80. The average molecular weight is 302 g/mol. The van der Waals surface area contributed by atoms with Crippen LogP contribution in [0.1, 0.15) is 16.8 Å². The van der Waals surface area contributed by atoms with Gasteiger partial charge >= 0.3 is 0 Å². The Morgan fingerprint density at radius 3 is 3.00 bits per heavy atom. The third-order valence-corrected chi connectivity index (χ3v) is 3.06. The molecule has 0 unspecified atom stereocenters. The molecule has 7 heteroatoms. The quantitative estimate of drug-likeness (QED) is 0.547. The van der Waals surface area contributed by atoms with Gasteiger partial charge in [-0.3, -0.25) is 9.78 Å². The van der Waals surface area contributed by atoms with Crippen molar-refractivity contribution in [2.45, 2.75) is 13.3 Å². The van der Waals surface area contributed by atoms with Crippen molar-refractivity contribution in [2.24, 2.45) is 5.10 Å². The molecule has 1 aromatic carbocycles. The first-order chi connectivity index (χ1) is 10.6. The molecular weight excluding hydrogens is 284 g/mol. The summed E-state index contributed by atoms with van der Waals surface area (Å²) in [5.41, 5.74) is 4.30. The number of nitrogens with one attached hydrogen (secondary N) is 2. The number of anilines is 1. The molecule has 3 N–H and O–H groups in total. The van der Waals surface area contributed by atoms with Crippen LogP contribution in [0.15, 0.2) is 34.2 Å². The summed E-state index contributed by atoms with van der Waals surface area (Å²) in [7, 11) is 1.60. The molecule has 0 aliphatic carbocycles. The minimum Gasteiger partial charge on any atom is -0.497 e. The molecule has 0 aliphatic rings. The zero-order valence-corrected chi connectivity index (χ0v) is 12.5. The Balaban J connectivity index is 2.11. The van der Waals surface area contributed by atoms with Crippen LogP contribution in [0.2, 0.25) is 0 Å². The van der Waals surface area contributed by atoms with Crippen LogP contribution >= 0.6 is 0 Å². The molecule has 0 radical (unpaired) electrons. The molecule has 0 spiro atoms. The number of methoxy groups -OCH3 is 1. The van der Waals surface area contributed by atoms with Crippen LogP contribution in [0.3, 0.4) is 0 Å². The normalized spacial score (nSPS) is 10.9. The van der Waals surface area contributed by atoms with E-state index in [4.69, 9.17) is 9.84 Å². The van der Waals surface area contributed by atoms with Gasteiger partial charge in [-0.05, 0) is 24.6 Å². The number of H-pyrrole nitrogens is 1. The van der Waals surface area contributed by atoms with Crippen molar-refractivity contribution in [2.75, 3.05) is 19.1 Å². The van der Waals surface area contributed by atoms with Crippen LogP contribution in [0.25, 0.3) is 0 Å². The molecule has 0 bridgehead atoms. The van der Waals surface area contributed by atoms with Crippen molar-refractivity contribution in [3.8, 4) is 5.75 Å². The van der Waals surface area contributed by atoms with Crippen LogP contribution in [0, 0.1) is 6.92 Å². The Kier molecular flexibility index (Phi) is 5.26. The molecular formula is C15H18N4O3. The smallest absolute Gasteiger partial charge is 0.255 e. The number of aromatic nitrogens is 2. The highest BCUT2D eigenvalue weighted by atomic mass is 16.5. The number of benzene rings is 1. The van der Waals surface area contributed by atoms with Crippen molar-refractivity contribution >= 4 is 12.2 Å². The number of aliphatic hydroxyl groups excluding tert-OH is 1. The van der Waals surface area contributed by atoms with E-state index in [9.17, 15) is 4.79 Å². The number of rotatable bonds is 6. The number of aliphatic hydroxyl groups is 1. The summed E-state index contributed by atoms with van der Waals surface area (Å²) in [6, 6.07) is 7.40.